The van der Waals surface area contributed by atoms with Crippen molar-refractivity contribution in [3.63, 3.8) is 0 Å². The lowest BCUT2D eigenvalue weighted by atomic mass is 9.77. The first kappa shape index (κ1) is 11.0. The molecule has 2 nitrogen and oxygen atoms in total. The van der Waals surface area contributed by atoms with Gasteiger partial charge in [-0.15, -0.1) is 0 Å². The summed E-state index contributed by atoms with van der Waals surface area (Å²) < 4.78 is 0. The number of hydrogen-bond donors (Lipinski definition) is 0. The number of nitrogens with zero attached hydrogens (tertiary/aromatic N) is 2. The SMILES string of the molecule is CC(CC1CCC2(C1)CN(C)C2)N1CCC1. The van der Waals surface area contributed by atoms with Crippen LogP contribution < -0.4 is 0 Å². The number of hydrogen-bond acceptors (Lipinski definition) is 2. The summed E-state index contributed by atoms with van der Waals surface area (Å²) in [6.45, 7) is 7.92. The third kappa shape index (κ3) is 1.91. The van der Waals surface area contributed by atoms with Gasteiger partial charge in [-0.1, -0.05) is 0 Å². The van der Waals surface area contributed by atoms with E-state index in [2.05, 4.69) is 23.8 Å². The Bertz CT molecular complexity index is 253. The van der Waals surface area contributed by atoms with Crippen LogP contribution in [0.25, 0.3) is 0 Å². The zero-order valence-corrected chi connectivity index (χ0v) is 10.9. The van der Waals surface area contributed by atoms with Gasteiger partial charge in [-0.05, 0) is 70.5 Å². The molecule has 3 aliphatic rings. The van der Waals surface area contributed by atoms with Crippen LogP contribution in [0.4, 0.5) is 0 Å². The molecule has 0 radical (unpaired) electrons. The summed E-state index contributed by atoms with van der Waals surface area (Å²) in [5.41, 5.74) is 0.758. The van der Waals surface area contributed by atoms with Gasteiger partial charge >= 0.3 is 0 Å². The molecule has 1 aliphatic carbocycles. The normalized spacial score (nSPS) is 36.0. The summed E-state index contributed by atoms with van der Waals surface area (Å²) in [4.78, 5) is 5.15. The van der Waals surface area contributed by atoms with E-state index in [9.17, 15) is 0 Å². The molecular formula is C14H26N2. The van der Waals surface area contributed by atoms with Crippen molar-refractivity contribution in [1.29, 1.82) is 0 Å². The molecule has 0 amide bonds. The summed E-state index contributed by atoms with van der Waals surface area (Å²) in [7, 11) is 2.27. The van der Waals surface area contributed by atoms with E-state index >= 15 is 0 Å². The van der Waals surface area contributed by atoms with Crippen molar-refractivity contribution >= 4 is 0 Å². The van der Waals surface area contributed by atoms with Gasteiger partial charge in [0.2, 0.25) is 0 Å². The van der Waals surface area contributed by atoms with Crippen LogP contribution in [0.5, 0.6) is 0 Å². The molecule has 1 spiro atoms. The monoisotopic (exact) mass is 222 g/mol. The second-order valence-corrected chi connectivity index (χ2v) is 6.76. The van der Waals surface area contributed by atoms with Crippen molar-refractivity contribution in [3.05, 3.63) is 0 Å². The van der Waals surface area contributed by atoms with E-state index in [-0.39, 0.29) is 0 Å². The van der Waals surface area contributed by atoms with E-state index in [0.29, 0.717) is 0 Å². The lowest BCUT2D eigenvalue weighted by molar-refractivity contribution is 0.0227. The molecule has 0 bridgehead atoms. The fraction of sp³-hybridized carbons (Fsp3) is 1.00. The highest BCUT2D eigenvalue weighted by Gasteiger charge is 2.46. The van der Waals surface area contributed by atoms with Crippen LogP contribution in [0, 0.1) is 11.3 Å². The van der Waals surface area contributed by atoms with Gasteiger partial charge in [0.15, 0.2) is 0 Å². The average Bonchev–Trinajstić information content (AvgIpc) is 2.44. The van der Waals surface area contributed by atoms with Crippen LogP contribution in [0.2, 0.25) is 0 Å². The first-order valence-electron chi connectivity index (χ1n) is 7.09. The molecule has 2 unspecified atom stereocenters. The lowest BCUT2D eigenvalue weighted by Crippen LogP contribution is -2.52. The number of likely N-dealkylation sites (tertiary alicyclic amines) is 2. The van der Waals surface area contributed by atoms with E-state index in [4.69, 9.17) is 0 Å². The van der Waals surface area contributed by atoms with E-state index in [0.717, 1.165) is 17.4 Å². The molecule has 1 saturated carbocycles. The van der Waals surface area contributed by atoms with Crippen LogP contribution in [-0.2, 0) is 0 Å². The second kappa shape index (κ2) is 3.99. The van der Waals surface area contributed by atoms with Gasteiger partial charge in [0.1, 0.15) is 0 Å². The molecule has 2 heterocycles. The Hall–Kier alpha value is -0.0800. The molecular weight excluding hydrogens is 196 g/mol. The van der Waals surface area contributed by atoms with Crippen molar-refractivity contribution in [2.75, 3.05) is 33.2 Å². The van der Waals surface area contributed by atoms with Gasteiger partial charge in [0, 0.05) is 19.1 Å². The van der Waals surface area contributed by atoms with Crippen LogP contribution in [0.15, 0.2) is 0 Å². The Labute approximate surface area is 100.0 Å². The minimum absolute atomic E-state index is 0.758. The van der Waals surface area contributed by atoms with Gasteiger partial charge in [-0.3, -0.25) is 0 Å². The molecule has 2 heteroatoms. The summed E-state index contributed by atoms with van der Waals surface area (Å²) >= 11 is 0. The van der Waals surface area contributed by atoms with Crippen LogP contribution in [-0.4, -0.2) is 49.1 Å². The first-order valence-corrected chi connectivity index (χ1v) is 7.09. The van der Waals surface area contributed by atoms with E-state index in [1.165, 1.54) is 58.3 Å². The Morgan fingerprint density at radius 2 is 2.06 bits per heavy atom. The van der Waals surface area contributed by atoms with Crippen molar-refractivity contribution in [1.82, 2.24) is 9.80 Å². The van der Waals surface area contributed by atoms with Crippen molar-refractivity contribution in [2.24, 2.45) is 11.3 Å². The molecule has 3 fully saturated rings. The highest BCUT2D eigenvalue weighted by atomic mass is 15.2. The highest BCUT2D eigenvalue weighted by Crippen LogP contribution is 2.49. The Morgan fingerprint density at radius 3 is 2.62 bits per heavy atom. The zero-order valence-electron chi connectivity index (χ0n) is 10.9. The molecule has 2 atom stereocenters. The summed E-state index contributed by atoms with van der Waals surface area (Å²) in [6.07, 6.45) is 7.44. The average molecular weight is 222 g/mol. The molecule has 2 saturated heterocycles. The maximum atomic E-state index is 2.66. The fourth-order valence-corrected chi connectivity index (χ4v) is 4.33. The maximum Gasteiger partial charge on any atom is 0.00695 e. The van der Waals surface area contributed by atoms with Crippen LogP contribution in [0.1, 0.15) is 39.0 Å². The first-order chi connectivity index (χ1) is 7.67. The third-order valence-electron chi connectivity index (χ3n) is 5.20. The maximum absolute atomic E-state index is 2.66. The summed E-state index contributed by atoms with van der Waals surface area (Å²) in [5.74, 6) is 1.03. The Kier molecular flexibility index (Phi) is 2.75. The predicted molar refractivity (Wildman–Crippen MR) is 67.5 cm³/mol. The van der Waals surface area contributed by atoms with Crippen LogP contribution in [0.3, 0.4) is 0 Å². The molecule has 0 aromatic carbocycles. The zero-order chi connectivity index (χ0) is 11.2. The molecule has 16 heavy (non-hydrogen) atoms. The quantitative estimate of drug-likeness (QED) is 0.722. The molecule has 92 valence electrons. The molecule has 0 aromatic heterocycles. The molecule has 0 aromatic rings. The van der Waals surface area contributed by atoms with Gasteiger partial charge in [-0.2, -0.15) is 0 Å². The van der Waals surface area contributed by atoms with Crippen molar-refractivity contribution in [2.45, 2.75) is 45.1 Å². The van der Waals surface area contributed by atoms with Crippen molar-refractivity contribution in [3.8, 4) is 0 Å². The van der Waals surface area contributed by atoms with Gasteiger partial charge in [0.25, 0.3) is 0 Å². The predicted octanol–water partition coefficient (Wildman–Crippen LogP) is 2.20. The van der Waals surface area contributed by atoms with E-state index in [1.807, 2.05) is 0 Å². The largest absolute Gasteiger partial charge is 0.305 e. The molecule has 2 aliphatic heterocycles. The Morgan fingerprint density at radius 1 is 1.31 bits per heavy atom. The molecule has 3 rings (SSSR count). The second-order valence-electron chi connectivity index (χ2n) is 6.76. The van der Waals surface area contributed by atoms with Gasteiger partial charge in [-0.25, -0.2) is 0 Å². The topological polar surface area (TPSA) is 6.48 Å². The standard InChI is InChI=1S/C14H26N2/c1-12(16-6-3-7-16)8-13-4-5-14(9-13)10-15(2)11-14/h12-13H,3-11H2,1-2H3. The minimum Gasteiger partial charge on any atom is -0.305 e. The summed E-state index contributed by atoms with van der Waals surface area (Å²) in [5, 5.41) is 0. The lowest BCUT2D eigenvalue weighted by Gasteiger charge is -2.47. The summed E-state index contributed by atoms with van der Waals surface area (Å²) in [6, 6.07) is 0.853. The third-order valence-corrected chi connectivity index (χ3v) is 5.20. The van der Waals surface area contributed by atoms with Crippen molar-refractivity contribution < 1.29 is 0 Å². The smallest absolute Gasteiger partial charge is 0.00695 e. The Balaban J connectivity index is 1.46. The van der Waals surface area contributed by atoms with E-state index in [1.54, 1.807) is 0 Å². The number of rotatable bonds is 3. The van der Waals surface area contributed by atoms with Gasteiger partial charge in [0.05, 0.1) is 0 Å². The fourth-order valence-electron chi connectivity index (χ4n) is 4.33. The van der Waals surface area contributed by atoms with E-state index < -0.39 is 0 Å². The molecule has 0 N–H and O–H groups in total. The minimum atomic E-state index is 0.758. The van der Waals surface area contributed by atoms with Crippen LogP contribution >= 0.6 is 0 Å². The van der Waals surface area contributed by atoms with Gasteiger partial charge < -0.3 is 9.80 Å². The highest BCUT2D eigenvalue weighted by molar-refractivity contribution is 4.99.